The van der Waals surface area contributed by atoms with E-state index < -0.39 is 0 Å². The molecule has 1 rings (SSSR count). The Kier molecular flexibility index (Phi) is 3.44. The molecule has 1 radical (unpaired) electrons. The summed E-state index contributed by atoms with van der Waals surface area (Å²) in [4.78, 5) is 0. The van der Waals surface area contributed by atoms with Gasteiger partial charge in [-0.15, -0.1) is 11.6 Å². The Bertz CT molecular complexity index is 193. The zero-order chi connectivity index (χ0) is 8.10. The van der Waals surface area contributed by atoms with Crippen molar-refractivity contribution in [3.8, 4) is 0 Å². The Labute approximate surface area is 73.2 Å². The topological polar surface area (TPSA) is 0 Å². The number of benzene rings is 1. The minimum Gasteiger partial charge on any atom is -0.118 e. The first-order valence-corrected chi connectivity index (χ1v) is 4.26. The van der Waals surface area contributed by atoms with E-state index in [1.807, 2.05) is 30.3 Å². The van der Waals surface area contributed by atoms with E-state index in [1.165, 1.54) is 5.56 Å². The van der Waals surface area contributed by atoms with E-state index in [0.29, 0.717) is 0 Å². The van der Waals surface area contributed by atoms with Crippen molar-refractivity contribution in [2.75, 3.05) is 0 Å². The number of alkyl halides is 1. The second kappa shape index (κ2) is 4.40. The summed E-state index contributed by atoms with van der Waals surface area (Å²) in [7, 11) is 0. The first-order chi connectivity index (χ1) is 5.34. The molecular formula is C10H12Cl. The van der Waals surface area contributed by atoms with Gasteiger partial charge in [-0.2, -0.15) is 0 Å². The Morgan fingerprint density at radius 1 is 1.27 bits per heavy atom. The van der Waals surface area contributed by atoms with Crippen LogP contribution in [0.3, 0.4) is 0 Å². The zero-order valence-corrected chi connectivity index (χ0v) is 7.22. The largest absolute Gasteiger partial charge is 0.118 e. The fourth-order valence-electron chi connectivity index (χ4n) is 1.01. The van der Waals surface area contributed by atoms with Gasteiger partial charge in [0.05, 0.1) is 5.38 Å². The Hall–Kier alpha value is -0.490. The normalized spacial score (nSPS) is 12.9. The fourth-order valence-corrected chi connectivity index (χ4v) is 1.31. The summed E-state index contributed by atoms with van der Waals surface area (Å²) in [5.41, 5.74) is 1.19. The lowest BCUT2D eigenvalue weighted by Gasteiger charge is -2.06. The molecule has 0 aliphatic rings. The molecule has 0 amide bonds. The number of hydrogen-bond donors (Lipinski definition) is 0. The van der Waals surface area contributed by atoms with Gasteiger partial charge in [0.1, 0.15) is 0 Å². The predicted octanol–water partition coefficient (Wildman–Crippen LogP) is 3.58. The van der Waals surface area contributed by atoms with Crippen LogP contribution in [0.1, 0.15) is 23.8 Å². The lowest BCUT2D eigenvalue weighted by Crippen LogP contribution is -1.87. The molecule has 11 heavy (non-hydrogen) atoms. The van der Waals surface area contributed by atoms with E-state index in [2.05, 4.69) is 6.92 Å². The molecule has 0 N–H and O–H groups in total. The summed E-state index contributed by atoms with van der Waals surface area (Å²) in [5.74, 6) is 0. The Balaban J connectivity index is 2.61. The third-order valence-electron chi connectivity index (χ3n) is 1.62. The van der Waals surface area contributed by atoms with Crippen molar-refractivity contribution in [1.82, 2.24) is 0 Å². The molecule has 0 bridgehead atoms. The quantitative estimate of drug-likeness (QED) is 0.604. The van der Waals surface area contributed by atoms with Crippen molar-refractivity contribution in [2.24, 2.45) is 0 Å². The van der Waals surface area contributed by atoms with Crippen LogP contribution in [-0.4, -0.2) is 0 Å². The second-order valence-electron chi connectivity index (χ2n) is 2.52. The van der Waals surface area contributed by atoms with Crippen LogP contribution >= 0.6 is 11.6 Å². The summed E-state index contributed by atoms with van der Waals surface area (Å²) >= 11 is 6.07. The minimum absolute atomic E-state index is 0.133. The molecule has 0 saturated carbocycles. The molecule has 0 fully saturated rings. The van der Waals surface area contributed by atoms with Gasteiger partial charge in [-0.05, 0) is 12.0 Å². The Morgan fingerprint density at radius 3 is 2.45 bits per heavy atom. The average Bonchev–Trinajstić information content (AvgIpc) is 2.07. The lowest BCUT2D eigenvalue weighted by molar-refractivity contribution is 0.811. The van der Waals surface area contributed by atoms with E-state index >= 15 is 0 Å². The van der Waals surface area contributed by atoms with E-state index in [1.54, 1.807) is 0 Å². The van der Waals surface area contributed by atoms with E-state index in [-0.39, 0.29) is 5.38 Å². The van der Waals surface area contributed by atoms with Gasteiger partial charge in [-0.25, -0.2) is 0 Å². The van der Waals surface area contributed by atoms with Crippen LogP contribution in [-0.2, 0) is 0 Å². The lowest BCUT2D eigenvalue weighted by atomic mass is 10.1. The summed E-state index contributed by atoms with van der Waals surface area (Å²) in [5, 5.41) is 0.133. The highest BCUT2D eigenvalue weighted by atomic mass is 35.5. The smallest absolute Gasteiger partial charge is 0.0585 e. The van der Waals surface area contributed by atoms with Gasteiger partial charge in [-0.1, -0.05) is 43.7 Å². The van der Waals surface area contributed by atoms with E-state index in [9.17, 15) is 0 Å². The molecule has 0 aliphatic carbocycles. The molecule has 0 aliphatic heterocycles. The van der Waals surface area contributed by atoms with Crippen LogP contribution in [0, 0.1) is 6.92 Å². The van der Waals surface area contributed by atoms with Gasteiger partial charge >= 0.3 is 0 Å². The van der Waals surface area contributed by atoms with Gasteiger partial charge in [0.25, 0.3) is 0 Å². The number of halogens is 1. The predicted molar refractivity (Wildman–Crippen MR) is 49.6 cm³/mol. The van der Waals surface area contributed by atoms with Crippen molar-refractivity contribution in [3.05, 3.63) is 42.8 Å². The summed E-state index contributed by atoms with van der Waals surface area (Å²) in [6.07, 6.45) is 1.84. The third-order valence-corrected chi connectivity index (χ3v) is 2.09. The molecule has 1 aromatic carbocycles. The van der Waals surface area contributed by atoms with E-state index in [4.69, 9.17) is 11.6 Å². The molecule has 0 spiro atoms. The van der Waals surface area contributed by atoms with Crippen molar-refractivity contribution < 1.29 is 0 Å². The molecule has 59 valence electrons. The highest BCUT2D eigenvalue weighted by molar-refractivity contribution is 6.20. The number of rotatable bonds is 3. The highest BCUT2D eigenvalue weighted by Crippen LogP contribution is 2.24. The van der Waals surface area contributed by atoms with Crippen molar-refractivity contribution in [3.63, 3.8) is 0 Å². The zero-order valence-electron chi connectivity index (χ0n) is 6.46. The minimum atomic E-state index is 0.133. The molecule has 0 saturated heterocycles. The van der Waals surface area contributed by atoms with Crippen molar-refractivity contribution in [2.45, 2.75) is 18.2 Å². The molecule has 1 aromatic rings. The maximum absolute atomic E-state index is 6.07. The van der Waals surface area contributed by atoms with Gasteiger partial charge in [0.2, 0.25) is 0 Å². The third kappa shape index (κ3) is 2.55. The molecule has 1 heteroatoms. The first kappa shape index (κ1) is 8.61. The van der Waals surface area contributed by atoms with Gasteiger partial charge in [0.15, 0.2) is 0 Å². The van der Waals surface area contributed by atoms with Gasteiger partial charge < -0.3 is 0 Å². The van der Waals surface area contributed by atoms with Crippen LogP contribution < -0.4 is 0 Å². The van der Waals surface area contributed by atoms with Crippen LogP contribution in [0.5, 0.6) is 0 Å². The SMILES string of the molecule is [CH2]CCC(Cl)c1ccccc1. The first-order valence-electron chi connectivity index (χ1n) is 3.83. The summed E-state index contributed by atoms with van der Waals surface area (Å²) in [6, 6.07) is 10.1. The van der Waals surface area contributed by atoms with Crippen molar-refractivity contribution in [1.29, 1.82) is 0 Å². The molecule has 0 heterocycles. The van der Waals surface area contributed by atoms with E-state index in [0.717, 1.165) is 12.8 Å². The highest BCUT2D eigenvalue weighted by Gasteiger charge is 2.03. The molecule has 1 atom stereocenters. The second-order valence-corrected chi connectivity index (χ2v) is 3.05. The van der Waals surface area contributed by atoms with Gasteiger partial charge in [0, 0.05) is 0 Å². The van der Waals surface area contributed by atoms with Crippen LogP contribution in [0.15, 0.2) is 30.3 Å². The monoisotopic (exact) mass is 167 g/mol. The molecule has 1 unspecified atom stereocenters. The molecule has 0 aromatic heterocycles. The van der Waals surface area contributed by atoms with Crippen LogP contribution in [0.2, 0.25) is 0 Å². The summed E-state index contributed by atoms with van der Waals surface area (Å²) in [6.45, 7) is 3.77. The molecular weight excluding hydrogens is 156 g/mol. The maximum atomic E-state index is 6.07. The van der Waals surface area contributed by atoms with Crippen molar-refractivity contribution >= 4 is 11.6 Å². The van der Waals surface area contributed by atoms with Crippen LogP contribution in [0.25, 0.3) is 0 Å². The standard InChI is InChI=1S/C10H12Cl/c1-2-6-10(11)9-7-4-3-5-8-9/h3-5,7-8,10H,1-2,6H2. The maximum Gasteiger partial charge on any atom is 0.0585 e. The van der Waals surface area contributed by atoms with Gasteiger partial charge in [-0.3, -0.25) is 0 Å². The van der Waals surface area contributed by atoms with Crippen LogP contribution in [0.4, 0.5) is 0 Å². The average molecular weight is 168 g/mol. The fraction of sp³-hybridized carbons (Fsp3) is 0.300. The number of hydrogen-bond acceptors (Lipinski definition) is 0. The molecule has 0 nitrogen and oxygen atoms in total. The summed E-state index contributed by atoms with van der Waals surface area (Å²) < 4.78 is 0. The Morgan fingerprint density at radius 2 is 1.91 bits per heavy atom.